The van der Waals surface area contributed by atoms with Crippen LogP contribution in [0.3, 0.4) is 0 Å². The third kappa shape index (κ3) is 5.50. The first-order chi connectivity index (χ1) is 10.7. The van der Waals surface area contributed by atoms with E-state index in [-0.39, 0.29) is 24.0 Å². The number of alkyl halides is 1. The number of halogens is 3. The number of rotatable bonds is 5. The lowest BCUT2D eigenvalue weighted by Gasteiger charge is -2.17. The fraction of sp³-hybridized carbons (Fsp3) is 0.500. The first kappa shape index (κ1) is 18.8. The number of quaternary nitrogens is 1. The van der Waals surface area contributed by atoms with Gasteiger partial charge in [0.05, 0.1) is 40.0 Å². The lowest BCUT2D eigenvalue weighted by atomic mass is 10.2. The van der Waals surface area contributed by atoms with E-state index in [1.54, 1.807) is 12.1 Å². The van der Waals surface area contributed by atoms with Crippen molar-refractivity contribution < 1.29 is 18.1 Å². The highest BCUT2D eigenvalue weighted by atomic mass is 35.5. The highest BCUT2D eigenvalue weighted by Crippen LogP contribution is 2.22. The molecule has 1 aromatic carbocycles. The van der Waals surface area contributed by atoms with Crippen LogP contribution in [0.2, 0.25) is 10.0 Å². The molecule has 2 rings (SSSR count). The van der Waals surface area contributed by atoms with Gasteiger partial charge < -0.3 is 10.2 Å². The zero-order valence-corrected chi connectivity index (χ0v) is 15.6. The number of carbonyl (C=O) groups excluding carboxylic acids is 1. The lowest BCUT2D eigenvalue weighted by molar-refractivity contribution is -0.885. The number of carbonyl (C=O) groups is 1. The highest BCUT2D eigenvalue weighted by molar-refractivity contribution is 7.91. The summed E-state index contributed by atoms with van der Waals surface area (Å²) in [7, 11) is -1.29. The number of benzene rings is 1. The molecule has 5 nitrogen and oxygen atoms in total. The number of sulfone groups is 1. The largest absolute Gasteiger partial charge is 0.346 e. The van der Waals surface area contributed by atoms with Gasteiger partial charge in [0.15, 0.2) is 16.4 Å². The van der Waals surface area contributed by atoms with Gasteiger partial charge in [0, 0.05) is 5.56 Å². The molecule has 2 N–H and O–H groups in total. The fourth-order valence-corrected chi connectivity index (χ4v) is 5.40. The van der Waals surface area contributed by atoms with Gasteiger partial charge >= 0.3 is 0 Å². The zero-order valence-electron chi connectivity index (χ0n) is 12.5. The van der Waals surface area contributed by atoms with Crippen molar-refractivity contribution in [3.63, 3.8) is 0 Å². The topological polar surface area (TPSA) is 67.7 Å². The first-order valence-corrected chi connectivity index (χ1v) is 10.1. The summed E-state index contributed by atoms with van der Waals surface area (Å²) in [6, 6.07) is 4.82. The normalized spacial score (nSPS) is 24.3. The third-order valence-corrected chi connectivity index (χ3v) is 6.70. The summed E-state index contributed by atoms with van der Waals surface area (Å²) < 4.78 is 23.0. The standard InChI is InChI=1S/C14H17Cl3N2O3S/c1-19(5-9-2-3-10(15)11(16)4-9)6-14(20)18-13-8-23(21,22)7-12(13)17/h2-4,12-13H,5-8H2,1H3,(H,18,20)/p+1/t12-,13-/m0/s1. The summed E-state index contributed by atoms with van der Waals surface area (Å²) in [4.78, 5) is 13.0. The summed E-state index contributed by atoms with van der Waals surface area (Å²) >= 11 is 17.8. The van der Waals surface area contributed by atoms with Crippen LogP contribution >= 0.6 is 34.8 Å². The van der Waals surface area contributed by atoms with Crippen molar-refractivity contribution in [1.29, 1.82) is 0 Å². The molecule has 128 valence electrons. The molecule has 0 bridgehead atoms. The van der Waals surface area contributed by atoms with E-state index in [9.17, 15) is 13.2 Å². The van der Waals surface area contributed by atoms with Crippen molar-refractivity contribution >= 4 is 50.5 Å². The molecule has 1 saturated heterocycles. The molecule has 3 atom stereocenters. The Morgan fingerprint density at radius 2 is 2.00 bits per heavy atom. The maximum Gasteiger partial charge on any atom is 0.275 e. The molecule has 1 aromatic rings. The Morgan fingerprint density at radius 3 is 2.57 bits per heavy atom. The van der Waals surface area contributed by atoms with E-state index in [1.807, 2.05) is 13.1 Å². The summed E-state index contributed by atoms with van der Waals surface area (Å²) in [6.45, 7) is 0.804. The van der Waals surface area contributed by atoms with Crippen molar-refractivity contribution in [2.45, 2.75) is 18.0 Å². The van der Waals surface area contributed by atoms with Gasteiger partial charge in [-0.1, -0.05) is 29.3 Å². The maximum absolute atomic E-state index is 12.0. The Labute approximate surface area is 150 Å². The molecule has 1 aliphatic heterocycles. The van der Waals surface area contributed by atoms with Gasteiger partial charge in [-0.15, -0.1) is 11.6 Å². The Bertz CT molecular complexity index is 697. The molecule has 1 aliphatic rings. The summed E-state index contributed by atoms with van der Waals surface area (Å²) in [5, 5.41) is 3.10. The summed E-state index contributed by atoms with van der Waals surface area (Å²) in [5.41, 5.74) is 0.961. The van der Waals surface area contributed by atoms with Gasteiger partial charge in [-0.3, -0.25) is 4.79 Å². The quantitative estimate of drug-likeness (QED) is 0.709. The third-order valence-electron chi connectivity index (χ3n) is 3.58. The van der Waals surface area contributed by atoms with Gasteiger partial charge in [-0.2, -0.15) is 0 Å². The SMILES string of the molecule is C[NH+](CC(=O)N[C@H]1CS(=O)(=O)C[C@@H]1Cl)Cc1ccc(Cl)c(Cl)c1. The van der Waals surface area contributed by atoms with E-state index in [1.165, 1.54) is 0 Å². The number of hydrogen-bond donors (Lipinski definition) is 2. The number of hydrogen-bond acceptors (Lipinski definition) is 3. The summed E-state index contributed by atoms with van der Waals surface area (Å²) in [5.74, 6) is -0.417. The Morgan fingerprint density at radius 1 is 1.30 bits per heavy atom. The van der Waals surface area contributed by atoms with Gasteiger partial charge in [0.2, 0.25) is 0 Å². The lowest BCUT2D eigenvalue weighted by Crippen LogP contribution is -3.09. The van der Waals surface area contributed by atoms with E-state index >= 15 is 0 Å². The van der Waals surface area contributed by atoms with Crippen molar-refractivity contribution in [2.75, 3.05) is 25.1 Å². The van der Waals surface area contributed by atoms with Gasteiger partial charge in [-0.25, -0.2) is 8.42 Å². The Kier molecular flexibility index (Phi) is 6.19. The van der Waals surface area contributed by atoms with Crippen LogP contribution in [-0.4, -0.2) is 50.8 Å². The molecule has 1 fully saturated rings. The predicted molar refractivity (Wildman–Crippen MR) is 92.1 cm³/mol. The van der Waals surface area contributed by atoms with Crippen LogP contribution in [0.4, 0.5) is 0 Å². The monoisotopic (exact) mass is 399 g/mol. The molecule has 1 unspecified atom stereocenters. The second kappa shape index (κ2) is 7.57. The van der Waals surface area contributed by atoms with Gasteiger partial charge in [-0.05, 0) is 12.1 Å². The van der Waals surface area contributed by atoms with Crippen LogP contribution in [0.25, 0.3) is 0 Å². The molecule has 0 radical (unpaired) electrons. The van der Waals surface area contributed by atoms with Gasteiger partial charge in [0.1, 0.15) is 6.54 Å². The van der Waals surface area contributed by atoms with E-state index in [0.717, 1.165) is 10.5 Å². The fourth-order valence-electron chi connectivity index (χ4n) is 2.53. The molecule has 1 heterocycles. The van der Waals surface area contributed by atoms with E-state index in [0.29, 0.717) is 16.6 Å². The van der Waals surface area contributed by atoms with Gasteiger partial charge in [0.25, 0.3) is 5.91 Å². The molecule has 23 heavy (non-hydrogen) atoms. The molecule has 0 saturated carbocycles. The van der Waals surface area contributed by atoms with Crippen LogP contribution in [0.5, 0.6) is 0 Å². The second-order valence-electron chi connectivity index (χ2n) is 5.83. The van der Waals surface area contributed by atoms with Crippen LogP contribution in [-0.2, 0) is 21.2 Å². The van der Waals surface area contributed by atoms with Crippen molar-refractivity contribution in [2.24, 2.45) is 0 Å². The predicted octanol–water partition coefficient (Wildman–Crippen LogP) is 0.529. The molecule has 0 aromatic heterocycles. The maximum atomic E-state index is 12.0. The molecular formula is C14H18Cl3N2O3S+. The molecule has 0 spiro atoms. The Hall–Kier alpha value is -0.530. The first-order valence-electron chi connectivity index (χ1n) is 7.05. The highest BCUT2D eigenvalue weighted by Gasteiger charge is 2.37. The van der Waals surface area contributed by atoms with E-state index in [2.05, 4.69) is 5.32 Å². The zero-order chi connectivity index (χ0) is 17.2. The van der Waals surface area contributed by atoms with Crippen molar-refractivity contribution in [3.8, 4) is 0 Å². The minimum atomic E-state index is -3.16. The van der Waals surface area contributed by atoms with E-state index < -0.39 is 21.3 Å². The van der Waals surface area contributed by atoms with Crippen LogP contribution in [0.15, 0.2) is 18.2 Å². The molecule has 0 aliphatic carbocycles. The van der Waals surface area contributed by atoms with Crippen LogP contribution < -0.4 is 10.2 Å². The minimum Gasteiger partial charge on any atom is -0.346 e. The van der Waals surface area contributed by atoms with Crippen molar-refractivity contribution in [1.82, 2.24) is 5.32 Å². The molecule has 1 amide bonds. The minimum absolute atomic E-state index is 0.0918. The smallest absolute Gasteiger partial charge is 0.275 e. The summed E-state index contributed by atoms with van der Waals surface area (Å²) in [6.07, 6.45) is 0. The van der Waals surface area contributed by atoms with Crippen LogP contribution in [0, 0.1) is 0 Å². The van der Waals surface area contributed by atoms with Crippen molar-refractivity contribution in [3.05, 3.63) is 33.8 Å². The number of amides is 1. The number of likely N-dealkylation sites (N-methyl/N-ethyl adjacent to an activating group) is 1. The molecule has 9 heteroatoms. The van der Waals surface area contributed by atoms with E-state index in [4.69, 9.17) is 34.8 Å². The average molecular weight is 401 g/mol. The average Bonchev–Trinajstić information content (AvgIpc) is 2.66. The molecular weight excluding hydrogens is 383 g/mol. The van der Waals surface area contributed by atoms with Crippen LogP contribution in [0.1, 0.15) is 5.56 Å². The number of nitrogens with one attached hydrogen (secondary N) is 2. The Balaban J connectivity index is 1.86. The second-order valence-corrected chi connectivity index (χ2v) is 9.35.